The van der Waals surface area contributed by atoms with Crippen LogP contribution in [-0.2, 0) is 9.53 Å². The summed E-state index contributed by atoms with van der Waals surface area (Å²) in [7, 11) is 0. The lowest BCUT2D eigenvalue weighted by Gasteiger charge is -2.37. The van der Waals surface area contributed by atoms with E-state index in [9.17, 15) is 9.90 Å². The van der Waals surface area contributed by atoms with E-state index >= 15 is 0 Å². The molecule has 3 heteroatoms. The average Bonchev–Trinajstić information content (AvgIpc) is 2.51. The summed E-state index contributed by atoms with van der Waals surface area (Å²) in [6, 6.07) is 0. The quantitative estimate of drug-likeness (QED) is 0.627. The lowest BCUT2D eigenvalue weighted by atomic mass is 9.72. The number of allylic oxidation sites excluding steroid dienone is 3. The number of hydrogen-bond donors (Lipinski definition) is 1. The van der Waals surface area contributed by atoms with E-state index in [4.69, 9.17) is 4.74 Å². The molecule has 0 saturated carbocycles. The Morgan fingerprint density at radius 2 is 2.17 bits per heavy atom. The third-order valence-electron chi connectivity index (χ3n) is 5.01. The van der Waals surface area contributed by atoms with Crippen molar-refractivity contribution in [3.8, 4) is 0 Å². The summed E-state index contributed by atoms with van der Waals surface area (Å²) in [5.41, 5.74) is 1.77. The highest BCUT2D eigenvalue weighted by molar-refractivity contribution is 5.74. The van der Waals surface area contributed by atoms with Gasteiger partial charge in [0.15, 0.2) is 0 Å². The number of carbonyl (C=O) groups excluding carboxylic acids is 1. The Hall–Kier alpha value is -1.35. The molecule has 1 saturated heterocycles. The average molecular weight is 318 g/mol. The molecule has 0 bridgehead atoms. The maximum atomic E-state index is 12.3. The van der Waals surface area contributed by atoms with Gasteiger partial charge in [0.25, 0.3) is 0 Å². The van der Waals surface area contributed by atoms with Gasteiger partial charge in [-0.25, -0.2) is 0 Å². The number of fused-ring (bicyclic) bond motifs is 1. The minimum atomic E-state index is -0.848. The Kier molecular flexibility index (Phi) is 5.85. The van der Waals surface area contributed by atoms with Crippen LogP contribution in [0.5, 0.6) is 0 Å². The maximum absolute atomic E-state index is 12.3. The third-order valence-corrected chi connectivity index (χ3v) is 5.01. The molecule has 128 valence electrons. The maximum Gasteiger partial charge on any atom is 0.309 e. The molecule has 0 spiro atoms. The van der Waals surface area contributed by atoms with E-state index in [2.05, 4.69) is 19.6 Å². The lowest BCUT2D eigenvalue weighted by Crippen LogP contribution is -2.40. The monoisotopic (exact) mass is 318 g/mol. The van der Waals surface area contributed by atoms with E-state index in [-0.39, 0.29) is 23.7 Å². The molecule has 1 N–H and O–H groups in total. The predicted molar refractivity (Wildman–Crippen MR) is 92.8 cm³/mol. The molecule has 3 nitrogen and oxygen atoms in total. The highest BCUT2D eigenvalue weighted by Crippen LogP contribution is 2.40. The first-order valence-corrected chi connectivity index (χ1v) is 8.68. The van der Waals surface area contributed by atoms with Crippen molar-refractivity contribution in [3.05, 3.63) is 36.0 Å². The van der Waals surface area contributed by atoms with Crippen molar-refractivity contribution in [3.63, 3.8) is 0 Å². The van der Waals surface area contributed by atoms with Crippen LogP contribution in [0.1, 0.15) is 52.9 Å². The normalized spacial score (nSPS) is 32.3. The molecule has 0 aromatic heterocycles. The fourth-order valence-corrected chi connectivity index (χ4v) is 3.64. The van der Waals surface area contributed by atoms with E-state index in [0.29, 0.717) is 13.0 Å². The Morgan fingerprint density at radius 3 is 2.87 bits per heavy atom. The van der Waals surface area contributed by atoms with Gasteiger partial charge in [0, 0.05) is 5.92 Å². The molecule has 0 amide bonds. The molecule has 1 aliphatic heterocycles. The number of aliphatic hydroxyl groups is 1. The van der Waals surface area contributed by atoms with Gasteiger partial charge < -0.3 is 9.84 Å². The first-order chi connectivity index (χ1) is 10.8. The molecule has 2 aliphatic rings. The van der Waals surface area contributed by atoms with Crippen molar-refractivity contribution in [1.82, 2.24) is 0 Å². The molecular weight excluding hydrogens is 288 g/mol. The van der Waals surface area contributed by atoms with Gasteiger partial charge >= 0.3 is 5.97 Å². The van der Waals surface area contributed by atoms with Gasteiger partial charge in [0.05, 0.1) is 18.1 Å². The van der Waals surface area contributed by atoms with Crippen LogP contribution < -0.4 is 0 Å². The molecule has 0 unspecified atom stereocenters. The number of ether oxygens (including phenoxy) is 1. The molecule has 3 atom stereocenters. The predicted octanol–water partition coefficient (Wildman–Crippen LogP) is 4.19. The van der Waals surface area contributed by atoms with Crippen molar-refractivity contribution in [2.45, 2.75) is 58.5 Å². The van der Waals surface area contributed by atoms with Gasteiger partial charge in [0.1, 0.15) is 0 Å². The summed E-state index contributed by atoms with van der Waals surface area (Å²) >= 11 is 0. The van der Waals surface area contributed by atoms with E-state index in [1.165, 1.54) is 11.1 Å². The van der Waals surface area contributed by atoms with Crippen LogP contribution in [0.4, 0.5) is 0 Å². The van der Waals surface area contributed by atoms with Crippen molar-refractivity contribution in [2.75, 3.05) is 6.61 Å². The second-order valence-corrected chi connectivity index (χ2v) is 7.58. The van der Waals surface area contributed by atoms with Gasteiger partial charge in [0.2, 0.25) is 0 Å². The van der Waals surface area contributed by atoms with Gasteiger partial charge in [-0.05, 0) is 58.8 Å². The van der Waals surface area contributed by atoms with E-state index in [1.54, 1.807) is 19.9 Å². The Bertz CT molecular complexity index is 507. The number of esters is 1. The van der Waals surface area contributed by atoms with Crippen molar-refractivity contribution in [1.29, 1.82) is 0 Å². The van der Waals surface area contributed by atoms with Crippen LogP contribution in [0.3, 0.4) is 0 Å². The van der Waals surface area contributed by atoms with Crippen LogP contribution in [0.15, 0.2) is 36.0 Å². The van der Waals surface area contributed by atoms with Gasteiger partial charge in [-0.2, -0.15) is 0 Å². The molecule has 2 rings (SSSR count). The van der Waals surface area contributed by atoms with Crippen LogP contribution in [-0.4, -0.2) is 23.3 Å². The van der Waals surface area contributed by atoms with E-state index in [0.717, 1.165) is 25.7 Å². The van der Waals surface area contributed by atoms with Crippen molar-refractivity contribution in [2.24, 2.45) is 17.8 Å². The molecule has 1 aliphatic carbocycles. The van der Waals surface area contributed by atoms with Crippen LogP contribution in [0, 0.1) is 17.8 Å². The summed E-state index contributed by atoms with van der Waals surface area (Å²) < 4.78 is 5.46. The van der Waals surface area contributed by atoms with Gasteiger partial charge in [-0.15, -0.1) is 0 Å². The molecule has 23 heavy (non-hydrogen) atoms. The van der Waals surface area contributed by atoms with E-state index in [1.807, 2.05) is 6.08 Å². The summed E-state index contributed by atoms with van der Waals surface area (Å²) in [5.74, 6) is 0.333. The molecule has 1 heterocycles. The number of carbonyl (C=O) groups is 1. The Morgan fingerprint density at radius 1 is 1.43 bits per heavy atom. The van der Waals surface area contributed by atoms with E-state index < -0.39 is 5.60 Å². The fraction of sp³-hybridized carbons (Fsp3) is 0.650. The first kappa shape index (κ1) is 18.0. The molecular formula is C20H30O3. The standard InChI is InChI=1S/C20H30O3/c1-14-7-5-8-15(2)18-13-23-19(21)17(16(18)11-10-14)9-6-12-20(3,4)22/h6-7,12,16-18,22H,2,5,8-11,13H2,1,3-4H3/b12-6+,14-7+/t16-,17+,18+/m1/s1. The zero-order valence-electron chi connectivity index (χ0n) is 14.7. The number of hydrogen-bond acceptors (Lipinski definition) is 3. The van der Waals surface area contributed by atoms with Crippen LogP contribution >= 0.6 is 0 Å². The lowest BCUT2D eigenvalue weighted by molar-refractivity contribution is -0.160. The highest BCUT2D eigenvalue weighted by atomic mass is 16.5. The van der Waals surface area contributed by atoms with Crippen LogP contribution in [0.2, 0.25) is 0 Å². The zero-order valence-corrected chi connectivity index (χ0v) is 14.7. The molecule has 0 radical (unpaired) electrons. The Balaban J connectivity index is 2.17. The van der Waals surface area contributed by atoms with Gasteiger partial charge in [-0.3, -0.25) is 4.79 Å². The minimum Gasteiger partial charge on any atom is -0.465 e. The second-order valence-electron chi connectivity index (χ2n) is 7.58. The Labute approximate surface area is 140 Å². The van der Waals surface area contributed by atoms with Crippen molar-refractivity contribution >= 4 is 5.97 Å². The summed E-state index contributed by atoms with van der Waals surface area (Å²) in [6.07, 6.45) is 10.7. The molecule has 0 aromatic rings. The molecule has 1 fully saturated rings. The van der Waals surface area contributed by atoms with Crippen molar-refractivity contribution < 1.29 is 14.6 Å². The number of cyclic esters (lactones) is 1. The second kappa shape index (κ2) is 7.48. The summed E-state index contributed by atoms with van der Waals surface area (Å²) in [5, 5.41) is 9.82. The third kappa shape index (κ3) is 5.07. The fourth-order valence-electron chi connectivity index (χ4n) is 3.64. The summed E-state index contributed by atoms with van der Waals surface area (Å²) in [4.78, 5) is 12.3. The minimum absolute atomic E-state index is 0.0969. The largest absolute Gasteiger partial charge is 0.465 e. The number of rotatable bonds is 3. The summed E-state index contributed by atoms with van der Waals surface area (Å²) in [6.45, 7) is 10.4. The zero-order chi connectivity index (χ0) is 17.0. The van der Waals surface area contributed by atoms with Gasteiger partial charge in [-0.1, -0.05) is 36.0 Å². The SMILES string of the molecule is C=C1CC/C=C(\C)CC[C@@H]2[C@H](C/C=C/C(C)(C)O)C(=O)OC[C@@H]12. The topological polar surface area (TPSA) is 46.5 Å². The smallest absolute Gasteiger partial charge is 0.309 e. The molecule has 0 aromatic carbocycles. The highest BCUT2D eigenvalue weighted by Gasteiger charge is 2.40. The first-order valence-electron chi connectivity index (χ1n) is 8.68. The van der Waals surface area contributed by atoms with Crippen LogP contribution in [0.25, 0.3) is 0 Å².